The van der Waals surface area contributed by atoms with Crippen LogP contribution < -0.4 is 20.1 Å². The van der Waals surface area contributed by atoms with Crippen LogP contribution in [0.2, 0.25) is 0 Å². The molecule has 0 aliphatic rings. The number of carbonyl (C=O) groups excluding carboxylic acids is 1. The van der Waals surface area contributed by atoms with Crippen molar-refractivity contribution in [2.45, 2.75) is 19.9 Å². The second kappa shape index (κ2) is 8.82. The number of aryl methyl sites for hydroxylation is 1. The third-order valence-electron chi connectivity index (χ3n) is 3.60. The number of hydrogen-bond donors (Lipinski definition) is 2. The molecule has 24 heavy (non-hydrogen) atoms. The number of para-hydroxylation sites is 1. The zero-order valence-corrected chi connectivity index (χ0v) is 14.3. The van der Waals surface area contributed by atoms with Crippen LogP contribution in [0.3, 0.4) is 0 Å². The first kappa shape index (κ1) is 17.7. The zero-order chi connectivity index (χ0) is 17.4. The molecule has 128 valence electrons. The highest BCUT2D eigenvalue weighted by Gasteiger charge is 2.14. The Labute approximate surface area is 143 Å². The molecule has 0 aromatic heterocycles. The minimum Gasteiger partial charge on any atom is -0.496 e. The molecule has 2 N–H and O–H groups in total. The maximum Gasteiger partial charge on any atom is 0.315 e. The van der Waals surface area contributed by atoms with Gasteiger partial charge in [0, 0.05) is 5.56 Å². The van der Waals surface area contributed by atoms with E-state index in [1.807, 2.05) is 62.4 Å². The normalized spacial score (nSPS) is 11.5. The minimum atomic E-state index is -0.234. The van der Waals surface area contributed by atoms with E-state index < -0.39 is 0 Å². The molecule has 0 radical (unpaired) electrons. The van der Waals surface area contributed by atoms with Crippen LogP contribution in [0.25, 0.3) is 0 Å². The Morgan fingerprint density at radius 3 is 2.62 bits per heavy atom. The Morgan fingerprint density at radius 2 is 1.92 bits per heavy atom. The Hall–Kier alpha value is -2.69. The highest BCUT2D eigenvalue weighted by Crippen LogP contribution is 2.25. The predicted molar refractivity (Wildman–Crippen MR) is 94.6 cm³/mol. The first-order chi connectivity index (χ1) is 11.6. The van der Waals surface area contributed by atoms with Crippen molar-refractivity contribution in [2.24, 2.45) is 0 Å². The summed E-state index contributed by atoms with van der Waals surface area (Å²) in [6.07, 6.45) is 0. The van der Waals surface area contributed by atoms with Gasteiger partial charge in [0.05, 0.1) is 19.7 Å². The zero-order valence-electron chi connectivity index (χ0n) is 14.3. The van der Waals surface area contributed by atoms with Crippen LogP contribution in [-0.2, 0) is 0 Å². The van der Waals surface area contributed by atoms with Crippen LogP contribution in [0.5, 0.6) is 11.5 Å². The lowest BCUT2D eigenvalue weighted by molar-refractivity contribution is 0.233. The van der Waals surface area contributed by atoms with Crippen molar-refractivity contribution in [1.29, 1.82) is 0 Å². The predicted octanol–water partition coefficient (Wildman–Crippen LogP) is 3.44. The van der Waals surface area contributed by atoms with E-state index in [1.165, 1.54) is 0 Å². The molecule has 1 atom stereocenters. The number of amides is 2. The van der Waals surface area contributed by atoms with Crippen LogP contribution in [0, 0.1) is 6.92 Å². The van der Waals surface area contributed by atoms with E-state index in [-0.39, 0.29) is 12.1 Å². The molecule has 0 fully saturated rings. The van der Waals surface area contributed by atoms with Gasteiger partial charge in [-0.3, -0.25) is 0 Å². The number of hydrogen-bond acceptors (Lipinski definition) is 3. The summed E-state index contributed by atoms with van der Waals surface area (Å²) in [5.41, 5.74) is 2.07. The average molecular weight is 328 g/mol. The van der Waals surface area contributed by atoms with Gasteiger partial charge < -0.3 is 20.1 Å². The van der Waals surface area contributed by atoms with Gasteiger partial charge in [-0.1, -0.05) is 35.9 Å². The largest absolute Gasteiger partial charge is 0.496 e. The van der Waals surface area contributed by atoms with Crippen molar-refractivity contribution >= 4 is 6.03 Å². The summed E-state index contributed by atoms with van der Waals surface area (Å²) in [5, 5.41) is 5.70. The molecule has 0 spiro atoms. The number of ether oxygens (including phenoxy) is 2. The Balaban J connectivity index is 1.78. The quantitative estimate of drug-likeness (QED) is 0.766. The lowest BCUT2D eigenvalue weighted by Gasteiger charge is -2.18. The smallest absolute Gasteiger partial charge is 0.315 e. The van der Waals surface area contributed by atoms with Gasteiger partial charge >= 0.3 is 6.03 Å². The number of urea groups is 1. The maximum absolute atomic E-state index is 12.0. The van der Waals surface area contributed by atoms with Gasteiger partial charge in [0.1, 0.15) is 18.1 Å². The lowest BCUT2D eigenvalue weighted by Crippen LogP contribution is -2.39. The standard InChI is InChI=1S/C19H24N2O3/c1-14-9-10-18(23-3)17(13-14)15(2)21-19(22)20-11-12-24-16-7-5-4-6-8-16/h4-10,13,15H,11-12H2,1-3H3,(H2,20,21,22). The summed E-state index contributed by atoms with van der Waals surface area (Å²) >= 11 is 0. The molecule has 2 amide bonds. The van der Waals surface area contributed by atoms with E-state index in [4.69, 9.17) is 9.47 Å². The summed E-state index contributed by atoms with van der Waals surface area (Å²) in [7, 11) is 1.63. The molecule has 0 heterocycles. The summed E-state index contributed by atoms with van der Waals surface area (Å²) < 4.78 is 10.9. The molecule has 5 nitrogen and oxygen atoms in total. The lowest BCUT2D eigenvalue weighted by atomic mass is 10.0. The average Bonchev–Trinajstić information content (AvgIpc) is 2.59. The molecule has 5 heteroatoms. The molecule has 0 saturated heterocycles. The van der Waals surface area contributed by atoms with Crippen molar-refractivity contribution in [3.05, 3.63) is 59.7 Å². The summed E-state index contributed by atoms with van der Waals surface area (Å²) in [6.45, 7) is 4.78. The fourth-order valence-corrected chi connectivity index (χ4v) is 2.37. The molecule has 0 saturated carbocycles. The number of methoxy groups -OCH3 is 1. The number of carbonyl (C=O) groups is 1. The van der Waals surface area contributed by atoms with Crippen LogP contribution in [0.4, 0.5) is 4.79 Å². The fraction of sp³-hybridized carbons (Fsp3) is 0.316. The van der Waals surface area contributed by atoms with Crippen molar-refractivity contribution in [3.63, 3.8) is 0 Å². The van der Waals surface area contributed by atoms with Crippen LogP contribution in [0.1, 0.15) is 24.1 Å². The van der Waals surface area contributed by atoms with Gasteiger partial charge in [-0.05, 0) is 32.0 Å². The monoisotopic (exact) mass is 328 g/mol. The third kappa shape index (κ3) is 5.19. The molecule has 0 aliphatic heterocycles. The molecular formula is C19H24N2O3. The van der Waals surface area contributed by atoms with Gasteiger partial charge in [-0.25, -0.2) is 4.79 Å². The molecule has 1 unspecified atom stereocenters. The molecular weight excluding hydrogens is 304 g/mol. The number of nitrogens with one attached hydrogen (secondary N) is 2. The molecule has 2 rings (SSSR count). The van der Waals surface area contributed by atoms with E-state index >= 15 is 0 Å². The molecule has 0 bridgehead atoms. The van der Waals surface area contributed by atoms with Crippen molar-refractivity contribution in [1.82, 2.24) is 10.6 Å². The number of rotatable bonds is 7. The maximum atomic E-state index is 12.0. The van der Waals surface area contributed by atoms with Gasteiger partial charge in [-0.2, -0.15) is 0 Å². The van der Waals surface area contributed by atoms with Crippen molar-refractivity contribution in [3.8, 4) is 11.5 Å². The molecule has 0 aliphatic carbocycles. The number of benzene rings is 2. The second-order valence-corrected chi connectivity index (χ2v) is 5.53. The Morgan fingerprint density at radius 1 is 1.17 bits per heavy atom. The highest BCUT2D eigenvalue weighted by atomic mass is 16.5. The first-order valence-electron chi connectivity index (χ1n) is 7.97. The molecule has 2 aromatic rings. The molecule has 2 aromatic carbocycles. The van der Waals surface area contributed by atoms with Crippen LogP contribution >= 0.6 is 0 Å². The SMILES string of the molecule is COc1ccc(C)cc1C(C)NC(=O)NCCOc1ccccc1. The Kier molecular flexibility index (Phi) is 6.49. The van der Waals surface area contributed by atoms with E-state index in [0.717, 1.165) is 22.6 Å². The highest BCUT2D eigenvalue weighted by molar-refractivity contribution is 5.74. The van der Waals surface area contributed by atoms with E-state index in [2.05, 4.69) is 10.6 Å². The third-order valence-corrected chi connectivity index (χ3v) is 3.60. The summed E-state index contributed by atoms with van der Waals surface area (Å²) in [6, 6.07) is 15.0. The summed E-state index contributed by atoms with van der Waals surface area (Å²) in [4.78, 5) is 12.0. The summed E-state index contributed by atoms with van der Waals surface area (Å²) in [5.74, 6) is 1.55. The Bertz CT molecular complexity index is 659. The van der Waals surface area contributed by atoms with Crippen molar-refractivity contribution < 1.29 is 14.3 Å². The van der Waals surface area contributed by atoms with Gasteiger partial charge in [0.25, 0.3) is 0 Å². The second-order valence-electron chi connectivity index (χ2n) is 5.53. The van der Waals surface area contributed by atoms with Crippen LogP contribution in [-0.4, -0.2) is 26.3 Å². The fourth-order valence-electron chi connectivity index (χ4n) is 2.37. The van der Waals surface area contributed by atoms with E-state index in [9.17, 15) is 4.79 Å². The van der Waals surface area contributed by atoms with Gasteiger partial charge in [-0.15, -0.1) is 0 Å². The topological polar surface area (TPSA) is 59.6 Å². The van der Waals surface area contributed by atoms with E-state index in [0.29, 0.717) is 13.2 Å². The van der Waals surface area contributed by atoms with Gasteiger partial charge in [0.15, 0.2) is 0 Å². The van der Waals surface area contributed by atoms with Crippen molar-refractivity contribution in [2.75, 3.05) is 20.3 Å². The minimum absolute atomic E-state index is 0.158. The van der Waals surface area contributed by atoms with Gasteiger partial charge in [0.2, 0.25) is 0 Å². The van der Waals surface area contributed by atoms with Crippen LogP contribution in [0.15, 0.2) is 48.5 Å². The first-order valence-corrected chi connectivity index (χ1v) is 7.97. The van der Waals surface area contributed by atoms with E-state index in [1.54, 1.807) is 7.11 Å².